The monoisotopic (exact) mass is 423 g/mol. The zero-order valence-electron chi connectivity index (χ0n) is 18.0. The van der Waals surface area contributed by atoms with Crippen molar-refractivity contribution in [2.24, 2.45) is 15.9 Å². The van der Waals surface area contributed by atoms with Crippen LogP contribution in [0.4, 0.5) is 5.69 Å². The van der Waals surface area contributed by atoms with Gasteiger partial charge in [-0.05, 0) is 54.4 Å². The third-order valence-electron chi connectivity index (χ3n) is 5.92. The zero-order chi connectivity index (χ0) is 21.9. The zero-order valence-corrected chi connectivity index (χ0v) is 18.0. The summed E-state index contributed by atoms with van der Waals surface area (Å²) in [6.45, 7) is 3.68. The number of rotatable bonds is 5. The van der Waals surface area contributed by atoms with E-state index in [0.29, 0.717) is 25.4 Å². The lowest BCUT2D eigenvalue weighted by molar-refractivity contribution is -0.112. The van der Waals surface area contributed by atoms with Gasteiger partial charge in [0.15, 0.2) is 0 Å². The van der Waals surface area contributed by atoms with Gasteiger partial charge in [0.25, 0.3) is 5.91 Å². The van der Waals surface area contributed by atoms with Crippen LogP contribution < -0.4 is 9.64 Å². The molecule has 0 aliphatic carbocycles. The Labute approximate surface area is 188 Å². The first kappa shape index (κ1) is 20.2. The van der Waals surface area contributed by atoms with Crippen molar-refractivity contribution < 1.29 is 9.53 Å². The van der Waals surface area contributed by atoms with Gasteiger partial charge in [0.2, 0.25) is 0 Å². The lowest BCUT2D eigenvalue weighted by Crippen LogP contribution is -2.31. The maximum Gasteiger partial charge on any atom is 0.273 e. The molecule has 0 saturated carbocycles. The molecule has 2 atom stereocenters. The van der Waals surface area contributed by atoms with Crippen LogP contribution in [-0.4, -0.2) is 37.0 Å². The van der Waals surface area contributed by atoms with Crippen molar-refractivity contribution in [1.29, 1.82) is 0 Å². The fraction of sp³-hybridized carbons (Fsp3) is 0.222. The SMILES string of the molecule is CCOc1ccc(C2=NCCN=C3C(=O)N(c4ccccc4)[C@H](c4ccccc4)C32)cc1. The lowest BCUT2D eigenvalue weighted by atomic mass is 9.85. The first-order valence-corrected chi connectivity index (χ1v) is 11.0. The fourth-order valence-corrected chi connectivity index (χ4v) is 4.58. The van der Waals surface area contributed by atoms with Crippen LogP contribution in [0.15, 0.2) is 94.9 Å². The van der Waals surface area contributed by atoms with Crippen molar-refractivity contribution in [2.75, 3.05) is 24.6 Å². The molecular formula is C27H25N3O2. The predicted octanol–water partition coefficient (Wildman–Crippen LogP) is 4.73. The first-order valence-electron chi connectivity index (χ1n) is 11.0. The van der Waals surface area contributed by atoms with Crippen molar-refractivity contribution in [3.63, 3.8) is 0 Å². The van der Waals surface area contributed by atoms with Gasteiger partial charge < -0.3 is 4.74 Å². The van der Waals surface area contributed by atoms with Gasteiger partial charge in [-0.15, -0.1) is 0 Å². The predicted molar refractivity (Wildman–Crippen MR) is 128 cm³/mol. The summed E-state index contributed by atoms with van der Waals surface area (Å²) >= 11 is 0. The first-order chi connectivity index (χ1) is 15.8. The van der Waals surface area contributed by atoms with Crippen molar-refractivity contribution in [2.45, 2.75) is 13.0 Å². The molecule has 0 bridgehead atoms. The van der Waals surface area contributed by atoms with E-state index < -0.39 is 0 Å². The topological polar surface area (TPSA) is 54.3 Å². The number of benzene rings is 3. The summed E-state index contributed by atoms with van der Waals surface area (Å²) < 4.78 is 5.62. The van der Waals surface area contributed by atoms with E-state index in [-0.39, 0.29) is 17.9 Å². The number of nitrogens with zero attached hydrogens (tertiary/aromatic N) is 3. The highest BCUT2D eigenvalue weighted by atomic mass is 16.5. The van der Waals surface area contributed by atoms with Crippen molar-refractivity contribution in [3.8, 4) is 5.75 Å². The van der Waals surface area contributed by atoms with Crippen molar-refractivity contribution in [3.05, 3.63) is 96.1 Å². The van der Waals surface area contributed by atoms with Gasteiger partial charge in [0.05, 0.1) is 37.4 Å². The molecule has 0 spiro atoms. The molecule has 0 N–H and O–H groups in total. The average Bonchev–Trinajstić information content (AvgIpc) is 2.98. The van der Waals surface area contributed by atoms with Gasteiger partial charge in [0.1, 0.15) is 11.5 Å². The highest BCUT2D eigenvalue weighted by Crippen LogP contribution is 2.42. The Morgan fingerprint density at radius 2 is 1.47 bits per heavy atom. The van der Waals surface area contributed by atoms with Gasteiger partial charge in [-0.2, -0.15) is 0 Å². The molecule has 5 heteroatoms. The fourth-order valence-electron chi connectivity index (χ4n) is 4.58. The molecule has 3 aromatic carbocycles. The van der Waals surface area contributed by atoms with Gasteiger partial charge >= 0.3 is 0 Å². The van der Waals surface area contributed by atoms with Gasteiger partial charge in [-0.1, -0.05) is 48.5 Å². The molecule has 0 radical (unpaired) electrons. The summed E-state index contributed by atoms with van der Waals surface area (Å²) in [5.41, 5.74) is 4.43. The minimum atomic E-state index is -0.245. The van der Waals surface area contributed by atoms with Gasteiger partial charge in [-0.25, -0.2) is 0 Å². The number of anilines is 1. The molecule has 3 aromatic rings. The summed E-state index contributed by atoms with van der Waals surface area (Å²) in [5.74, 6) is 0.536. The second kappa shape index (κ2) is 8.79. The molecule has 2 aliphatic rings. The normalized spacial score (nSPS) is 20.3. The summed E-state index contributed by atoms with van der Waals surface area (Å²) in [5, 5.41) is 0. The summed E-state index contributed by atoms with van der Waals surface area (Å²) in [6, 6.07) is 27.8. The van der Waals surface area contributed by atoms with Crippen LogP contribution in [0.5, 0.6) is 5.75 Å². The van der Waals surface area contributed by atoms with Crippen LogP contribution in [0.2, 0.25) is 0 Å². The van der Waals surface area contributed by atoms with Crippen molar-refractivity contribution in [1.82, 2.24) is 0 Å². The quantitative estimate of drug-likeness (QED) is 0.596. The van der Waals surface area contributed by atoms with Crippen LogP contribution in [0.25, 0.3) is 0 Å². The number of fused-ring (bicyclic) bond motifs is 1. The van der Waals surface area contributed by atoms with Gasteiger partial charge in [0, 0.05) is 5.69 Å². The van der Waals surface area contributed by atoms with Crippen LogP contribution in [0, 0.1) is 5.92 Å². The van der Waals surface area contributed by atoms with Crippen LogP contribution in [-0.2, 0) is 4.79 Å². The number of carbonyl (C=O) groups excluding carboxylic acids is 1. The summed E-state index contributed by atoms with van der Waals surface area (Å²) in [7, 11) is 0. The molecule has 2 heterocycles. The number of hydrogen-bond donors (Lipinski definition) is 0. The highest BCUT2D eigenvalue weighted by molar-refractivity contribution is 6.51. The number of amides is 1. The Bertz CT molecular complexity index is 1150. The Kier molecular flexibility index (Phi) is 5.55. The van der Waals surface area contributed by atoms with E-state index >= 15 is 0 Å². The number of hydrogen-bond acceptors (Lipinski definition) is 4. The molecule has 2 aliphatic heterocycles. The molecule has 1 amide bonds. The smallest absolute Gasteiger partial charge is 0.273 e. The van der Waals surface area contributed by atoms with Crippen LogP contribution in [0.3, 0.4) is 0 Å². The van der Waals surface area contributed by atoms with E-state index in [1.54, 1.807) is 0 Å². The highest BCUT2D eigenvalue weighted by Gasteiger charge is 2.49. The Morgan fingerprint density at radius 1 is 0.844 bits per heavy atom. The second-order valence-electron chi connectivity index (χ2n) is 7.84. The Balaban J connectivity index is 1.65. The molecule has 1 saturated heterocycles. The van der Waals surface area contributed by atoms with E-state index in [4.69, 9.17) is 14.7 Å². The minimum Gasteiger partial charge on any atom is -0.494 e. The molecule has 32 heavy (non-hydrogen) atoms. The third kappa shape index (κ3) is 3.60. The Morgan fingerprint density at radius 3 is 2.12 bits per heavy atom. The maximum absolute atomic E-state index is 13.7. The van der Waals surface area contributed by atoms with Crippen molar-refractivity contribution >= 4 is 23.0 Å². The summed E-state index contributed by atoms with van der Waals surface area (Å²) in [4.78, 5) is 25.3. The number of ether oxygens (including phenoxy) is 1. The maximum atomic E-state index is 13.7. The van der Waals surface area contributed by atoms with E-state index in [0.717, 1.165) is 28.3 Å². The third-order valence-corrected chi connectivity index (χ3v) is 5.92. The largest absolute Gasteiger partial charge is 0.494 e. The van der Waals surface area contributed by atoms with E-state index in [1.807, 2.05) is 84.6 Å². The van der Waals surface area contributed by atoms with E-state index in [2.05, 4.69) is 12.1 Å². The lowest BCUT2D eigenvalue weighted by Gasteiger charge is -2.29. The van der Waals surface area contributed by atoms with E-state index in [9.17, 15) is 4.79 Å². The molecule has 1 fully saturated rings. The average molecular weight is 424 g/mol. The second-order valence-corrected chi connectivity index (χ2v) is 7.84. The standard InChI is InChI=1S/C27H25N3O2/c1-2-32-22-15-13-19(14-16-22)24-23-25(29-18-17-28-24)27(31)30(21-11-7-4-8-12-21)26(23)20-9-5-3-6-10-20/h3-16,23,26H,2,17-18H2,1H3/t23?,26-/m1/s1. The number of carbonyl (C=O) groups is 1. The molecular weight excluding hydrogens is 398 g/mol. The molecule has 5 rings (SSSR count). The van der Waals surface area contributed by atoms with Gasteiger partial charge in [-0.3, -0.25) is 19.7 Å². The molecule has 160 valence electrons. The van der Waals surface area contributed by atoms with Crippen LogP contribution in [0.1, 0.15) is 24.1 Å². The number of para-hydroxylation sites is 1. The Hall–Kier alpha value is -3.73. The molecule has 5 nitrogen and oxygen atoms in total. The van der Waals surface area contributed by atoms with Crippen LogP contribution >= 0.6 is 0 Å². The minimum absolute atomic E-state index is 0.0458. The van der Waals surface area contributed by atoms with E-state index in [1.165, 1.54) is 0 Å². The summed E-state index contributed by atoms with van der Waals surface area (Å²) in [6.07, 6.45) is 0. The molecule has 0 aromatic heterocycles. The molecule has 1 unspecified atom stereocenters. The number of aliphatic imine (C=N–C) groups is 2.